The van der Waals surface area contributed by atoms with Crippen LogP contribution in [0.2, 0.25) is 0 Å². The van der Waals surface area contributed by atoms with E-state index in [-0.39, 0.29) is 12.1 Å². The van der Waals surface area contributed by atoms with Crippen LogP contribution in [-0.2, 0) is 4.74 Å². The molecule has 1 fully saturated rings. The molecular weight excluding hydrogens is 284 g/mol. The van der Waals surface area contributed by atoms with Crippen LogP contribution in [0.25, 0.3) is 0 Å². The maximum Gasteiger partial charge on any atom is 0.317 e. The average Bonchev–Trinajstić information content (AvgIpc) is 2.79. The van der Waals surface area contributed by atoms with Gasteiger partial charge in [0.25, 0.3) is 0 Å². The molecule has 1 aliphatic heterocycles. The van der Waals surface area contributed by atoms with Crippen molar-refractivity contribution in [3.8, 4) is 11.5 Å². The molecule has 1 heterocycles. The summed E-state index contributed by atoms with van der Waals surface area (Å²) in [6, 6.07) is 7.34. The molecule has 0 aromatic heterocycles. The molecule has 1 aliphatic rings. The van der Waals surface area contributed by atoms with Crippen LogP contribution in [-0.4, -0.2) is 57.0 Å². The zero-order valence-electron chi connectivity index (χ0n) is 13.2. The molecule has 0 saturated carbocycles. The van der Waals surface area contributed by atoms with Crippen molar-refractivity contribution >= 4 is 6.03 Å². The predicted molar refractivity (Wildman–Crippen MR) is 83.5 cm³/mol. The number of carbonyl (C=O) groups excluding carboxylic acids is 1. The van der Waals surface area contributed by atoms with Gasteiger partial charge in [0.1, 0.15) is 17.6 Å². The monoisotopic (exact) mass is 308 g/mol. The summed E-state index contributed by atoms with van der Waals surface area (Å²) in [7, 11) is 1.63. The van der Waals surface area contributed by atoms with Crippen LogP contribution in [0.5, 0.6) is 11.5 Å². The number of carbonyl (C=O) groups is 1. The highest BCUT2D eigenvalue weighted by atomic mass is 16.5. The summed E-state index contributed by atoms with van der Waals surface area (Å²) in [6.07, 6.45) is 0.741. The number of nitrogens with zero attached hydrogens (tertiary/aromatic N) is 1. The first-order valence-electron chi connectivity index (χ1n) is 7.64. The second-order valence-electron chi connectivity index (χ2n) is 5.17. The number of ether oxygens (including phenoxy) is 3. The van der Waals surface area contributed by atoms with Crippen molar-refractivity contribution in [2.24, 2.45) is 0 Å². The minimum absolute atomic E-state index is 0.0596. The predicted octanol–water partition coefficient (Wildman–Crippen LogP) is 1.89. The van der Waals surface area contributed by atoms with Crippen molar-refractivity contribution in [2.45, 2.75) is 19.4 Å². The molecule has 0 bridgehead atoms. The molecule has 6 nitrogen and oxygen atoms in total. The molecule has 22 heavy (non-hydrogen) atoms. The molecule has 122 valence electrons. The average molecular weight is 308 g/mol. The zero-order chi connectivity index (χ0) is 15.8. The number of rotatable bonds is 5. The summed E-state index contributed by atoms with van der Waals surface area (Å²) in [4.78, 5) is 13.8. The first-order chi connectivity index (χ1) is 10.7. The van der Waals surface area contributed by atoms with Gasteiger partial charge in [0.2, 0.25) is 0 Å². The van der Waals surface area contributed by atoms with Crippen LogP contribution in [0.1, 0.15) is 13.3 Å². The van der Waals surface area contributed by atoms with E-state index in [0.717, 1.165) is 17.9 Å². The Bertz CT molecular complexity index is 464. The van der Waals surface area contributed by atoms with Crippen molar-refractivity contribution in [2.75, 3.05) is 40.0 Å². The van der Waals surface area contributed by atoms with Gasteiger partial charge in [-0.2, -0.15) is 0 Å². The lowest BCUT2D eigenvalue weighted by molar-refractivity contribution is 0.0717. The van der Waals surface area contributed by atoms with Gasteiger partial charge in [-0.25, -0.2) is 4.79 Å². The van der Waals surface area contributed by atoms with Crippen LogP contribution in [0, 0.1) is 0 Å². The standard InChI is InChI=1S/C16H24N2O4/c1-3-8-17-16(19)18-9-10-21-12-15(11-18)22-14-6-4-13(20-2)5-7-14/h4-7,15H,3,8-12H2,1-2H3,(H,17,19)/t15-/m1/s1. The highest BCUT2D eigenvalue weighted by molar-refractivity contribution is 5.74. The largest absolute Gasteiger partial charge is 0.497 e. The SMILES string of the molecule is CCCNC(=O)N1CCOC[C@H](Oc2ccc(OC)cc2)C1. The molecule has 1 atom stereocenters. The van der Waals surface area contributed by atoms with Gasteiger partial charge in [-0.1, -0.05) is 6.92 Å². The smallest absolute Gasteiger partial charge is 0.317 e. The van der Waals surface area contributed by atoms with Gasteiger partial charge in [0, 0.05) is 13.1 Å². The molecular formula is C16H24N2O4. The van der Waals surface area contributed by atoms with E-state index in [2.05, 4.69) is 5.32 Å². The number of amides is 2. The lowest BCUT2D eigenvalue weighted by atomic mass is 10.3. The summed E-state index contributed by atoms with van der Waals surface area (Å²) in [5, 5.41) is 2.89. The third kappa shape index (κ3) is 4.80. The Hall–Kier alpha value is -1.95. The Kier molecular flexibility index (Phi) is 6.33. The van der Waals surface area contributed by atoms with Gasteiger partial charge in [-0.05, 0) is 30.7 Å². The lowest BCUT2D eigenvalue weighted by Crippen LogP contribution is -2.45. The number of hydrogen-bond acceptors (Lipinski definition) is 4. The highest BCUT2D eigenvalue weighted by Gasteiger charge is 2.23. The Balaban J connectivity index is 1.92. The van der Waals surface area contributed by atoms with Crippen LogP contribution in [0.3, 0.4) is 0 Å². The van der Waals surface area contributed by atoms with E-state index >= 15 is 0 Å². The van der Waals surface area contributed by atoms with E-state index in [1.165, 1.54) is 0 Å². The van der Waals surface area contributed by atoms with Gasteiger partial charge in [-0.3, -0.25) is 0 Å². The number of methoxy groups -OCH3 is 1. The van der Waals surface area contributed by atoms with Gasteiger partial charge in [0.15, 0.2) is 0 Å². The fourth-order valence-electron chi connectivity index (χ4n) is 2.23. The highest BCUT2D eigenvalue weighted by Crippen LogP contribution is 2.19. The first-order valence-corrected chi connectivity index (χ1v) is 7.64. The summed E-state index contributed by atoms with van der Waals surface area (Å²) in [5.41, 5.74) is 0. The Morgan fingerprint density at radius 2 is 2.09 bits per heavy atom. The maximum atomic E-state index is 12.1. The molecule has 1 N–H and O–H groups in total. The summed E-state index contributed by atoms with van der Waals surface area (Å²) in [5.74, 6) is 1.52. The van der Waals surface area contributed by atoms with Crippen LogP contribution in [0.15, 0.2) is 24.3 Å². The molecule has 1 saturated heterocycles. The maximum absolute atomic E-state index is 12.1. The van der Waals surface area contributed by atoms with E-state index in [1.807, 2.05) is 31.2 Å². The molecule has 0 spiro atoms. The molecule has 0 radical (unpaired) electrons. The summed E-state index contributed by atoms with van der Waals surface area (Å²) >= 11 is 0. The van der Waals surface area contributed by atoms with Crippen molar-refractivity contribution < 1.29 is 19.0 Å². The van der Waals surface area contributed by atoms with Gasteiger partial charge in [0.05, 0.1) is 26.9 Å². The molecule has 1 aromatic rings. The van der Waals surface area contributed by atoms with E-state index in [1.54, 1.807) is 12.0 Å². The third-order valence-electron chi connectivity index (χ3n) is 3.41. The summed E-state index contributed by atoms with van der Waals surface area (Å²) < 4.78 is 16.6. The molecule has 2 amide bonds. The topological polar surface area (TPSA) is 60.0 Å². The van der Waals surface area contributed by atoms with E-state index in [9.17, 15) is 4.79 Å². The Morgan fingerprint density at radius 1 is 1.36 bits per heavy atom. The Morgan fingerprint density at radius 3 is 2.77 bits per heavy atom. The molecule has 6 heteroatoms. The molecule has 0 unspecified atom stereocenters. The van der Waals surface area contributed by atoms with Crippen molar-refractivity contribution in [1.29, 1.82) is 0 Å². The zero-order valence-corrected chi connectivity index (χ0v) is 13.2. The molecule has 0 aliphatic carbocycles. The van der Waals surface area contributed by atoms with E-state index < -0.39 is 0 Å². The van der Waals surface area contributed by atoms with E-state index in [0.29, 0.717) is 32.8 Å². The second kappa shape index (κ2) is 8.48. The van der Waals surface area contributed by atoms with Crippen molar-refractivity contribution in [3.05, 3.63) is 24.3 Å². The number of benzene rings is 1. The van der Waals surface area contributed by atoms with Crippen LogP contribution < -0.4 is 14.8 Å². The van der Waals surface area contributed by atoms with Crippen molar-refractivity contribution in [3.63, 3.8) is 0 Å². The van der Waals surface area contributed by atoms with Gasteiger partial charge in [-0.15, -0.1) is 0 Å². The Labute approximate surface area is 131 Å². The minimum Gasteiger partial charge on any atom is -0.497 e. The second-order valence-corrected chi connectivity index (χ2v) is 5.17. The molecule has 1 aromatic carbocycles. The van der Waals surface area contributed by atoms with Crippen molar-refractivity contribution in [1.82, 2.24) is 10.2 Å². The minimum atomic E-state index is -0.178. The third-order valence-corrected chi connectivity index (χ3v) is 3.41. The van der Waals surface area contributed by atoms with Gasteiger partial charge >= 0.3 is 6.03 Å². The molecule has 2 rings (SSSR count). The van der Waals surface area contributed by atoms with Crippen LogP contribution >= 0.6 is 0 Å². The quantitative estimate of drug-likeness (QED) is 0.902. The number of nitrogens with one attached hydrogen (secondary N) is 1. The lowest BCUT2D eigenvalue weighted by Gasteiger charge is -2.24. The van der Waals surface area contributed by atoms with E-state index in [4.69, 9.17) is 14.2 Å². The normalized spacial score (nSPS) is 18.5. The number of urea groups is 1. The fraction of sp³-hybridized carbons (Fsp3) is 0.562. The van der Waals surface area contributed by atoms with Gasteiger partial charge < -0.3 is 24.4 Å². The first kappa shape index (κ1) is 16.4. The number of hydrogen-bond donors (Lipinski definition) is 1. The fourth-order valence-corrected chi connectivity index (χ4v) is 2.23. The summed E-state index contributed by atoms with van der Waals surface area (Å²) in [6.45, 7) is 4.81. The van der Waals surface area contributed by atoms with Crippen LogP contribution in [0.4, 0.5) is 4.79 Å².